The number of carboxylic acid groups (broad SMARTS) is 1. The van der Waals surface area contributed by atoms with E-state index in [-0.39, 0.29) is 18.2 Å². The second-order valence-corrected chi connectivity index (χ2v) is 7.85. The Labute approximate surface area is 164 Å². The fourth-order valence-electron chi connectivity index (χ4n) is 4.69. The third kappa shape index (κ3) is 3.22. The van der Waals surface area contributed by atoms with E-state index in [1.54, 1.807) is 4.90 Å². The molecule has 1 aromatic carbocycles. The van der Waals surface area contributed by atoms with Crippen molar-refractivity contribution in [2.45, 2.75) is 32.2 Å². The number of carbonyl (C=O) groups is 2. The van der Waals surface area contributed by atoms with Crippen LogP contribution in [0.3, 0.4) is 0 Å². The van der Waals surface area contributed by atoms with Crippen molar-refractivity contribution >= 4 is 28.4 Å². The third-order valence-electron chi connectivity index (χ3n) is 6.10. The highest BCUT2D eigenvalue weighted by atomic mass is 16.4. The van der Waals surface area contributed by atoms with Gasteiger partial charge in [0.1, 0.15) is 0 Å². The number of nitrogens with zero attached hydrogens (tertiary/aromatic N) is 2. The van der Waals surface area contributed by atoms with Gasteiger partial charge in [-0.2, -0.15) is 0 Å². The molecule has 148 valence electrons. The SMILES string of the molecule is CCN(CCCC(=O)O)C(=O)[C@@H]1C=C2c3cccc4[nH]cc(c34)C[C@H]2N(C)C1. The molecule has 2 N–H and O–H groups in total. The number of aromatic nitrogens is 1. The number of aromatic amines is 1. The second kappa shape index (κ2) is 7.43. The van der Waals surface area contributed by atoms with E-state index in [0.29, 0.717) is 32.1 Å². The molecule has 1 amide bonds. The van der Waals surface area contributed by atoms with Gasteiger partial charge in [0, 0.05) is 49.2 Å². The molecule has 2 atom stereocenters. The Morgan fingerprint density at radius 2 is 2.18 bits per heavy atom. The Hall–Kier alpha value is -2.60. The van der Waals surface area contributed by atoms with Crippen LogP contribution in [0.25, 0.3) is 16.5 Å². The number of hydrogen-bond acceptors (Lipinski definition) is 3. The molecule has 2 heterocycles. The standard InChI is InChI=1S/C22H27N3O3/c1-3-25(9-5-8-20(26)27)22(28)15-10-17-16-6-4-7-18-21(16)14(12-23-18)11-19(17)24(2)13-15/h4,6-7,10,12,15,19,23H,3,5,8-9,11,13H2,1-2H3,(H,26,27)/t15-,19-/m1/s1. The monoisotopic (exact) mass is 381 g/mol. The summed E-state index contributed by atoms with van der Waals surface area (Å²) >= 11 is 0. The number of benzene rings is 1. The average molecular weight is 381 g/mol. The van der Waals surface area contributed by atoms with Gasteiger partial charge in [-0.25, -0.2) is 0 Å². The summed E-state index contributed by atoms with van der Waals surface area (Å²) in [7, 11) is 2.09. The Balaban J connectivity index is 1.63. The number of aliphatic carboxylic acids is 1. The minimum atomic E-state index is -0.816. The number of amides is 1. The molecule has 2 aromatic rings. The summed E-state index contributed by atoms with van der Waals surface area (Å²) < 4.78 is 0. The highest BCUT2D eigenvalue weighted by Gasteiger charge is 2.36. The summed E-state index contributed by atoms with van der Waals surface area (Å²) in [4.78, 5) is 31.4. The smallest absolute Gasteiger partial charge is 0.303 e. The van der Waals surface area contributed by atoms with Crippen LogP contribution in [0.5, 0.6) is 0 Å². The predicted molar refractivity (Wildman–Crippen MR) is 109 cm³/mol. The summed E-state index contributed by atoms with van der Waals surface area (Å²) in [6, 6.07) is 6.61. The van der Waals surface area contributed by atoms with Gasteiger partial charge in [-0.05, 0) is 49.6 Å². The minimum Gasteiger partial charge on any atom is -0.481 e. The van der Waals surface area contributed by atoms with Gasteiger partial charge in [-0.3, -0.25) is 14.5 Å². The third-order valence-corrected chi connectivity index (χ3v) is 6.10. The first kappa shape index (κ1) is 18.7. The first-order chi connectivity index (χ1) is 13.5. The molecule has 28 heavy (non-hydrogen) atoms. The van der Waals surface area contributed by atoms with Crippen LogP contribution in [0.4, 0.5) is 0 Å². The minimum absolute atomic E-state index is 0.0930. The maximum absolute atomic E-state index is 13.2. The van der Waals surface area contributed by atoms with Crippen LogP contribution in [-0.2, 0) is 16.0 Å². The number of carbonyl (C=O) groups excluding carboxylic acids is 1. The molecule has 1 aromatic heterocycles. The Morgan fingerprint density at radius 1 is 1.36 bits per heavy atom. The molecule has 0 unspecified atom stereocenters. The summed E-state index contributed by atoms with van der Waals surface area (Å²) in [5.74, 6) is -0.919. The van der Waals surface area contributed by atoms with Crippen molar-refractivity contribution in [1.82, 2.24) is 14.8 Å². The maximum atomic E-state index is 13.2. The molecule has 0 bridgehead atoms. The highest BCUT2D eigenvalue weighted by molar-refractivity contribution is 5.99. The fraction of sp³-hybridized carbons (Fsp3) is 0.455. The van der Waals surface area contributed by atoms with Crippen LogP contribution in [0.15, 0.2) is 30.5 Å². The van der Waals surface area contributed by atoms with E-state index >= 15 is 0 Å². The van der Waals surface area contributed by atoms with E-state index < -0.39 is 5.97 Å². The molecule has 4 rings (SSSR count). The maximum Gasteiger partial charge on any atom is 0.303 e. The Bertz CT molecular complexity index is 946. The molecule has 1 aliphatic carbocycles. The summed E-state index contributed by atoms with van der Waals surface area (Å²) in [6.07, 6.45) is 5.81. The molecule has 6 nitrogen and oxygen atoms in total. The topological polar surface area (TPSA) is 76.6 Å². The van der Waals surface area contributed by atoms with Crippen LogP contribution >= 0.6 is 0 Å². The normalized spacial score (nSPS) is 21.3. The van der Waals surface area contributed by atoms with Crippen molar-refractivity contribution in [2.75, 3.05) is 26.7 Å². The van der Waals surface area contributed by atoms with E-state index in [2.05, 4.69) is 47.4 Å². The first-order valence-electron chi connectivity index (χ1n) is 10.0. The average Bonchev–Trinajstić information content (AvgIpc) is 3.10. The Morgan fingerprint density at radius 3 is 2.93 bits per heavy atom. The fourth-order valence-corrected chi connectivity index (χ4v) is 4.69. The van der Waals surface area contributed by atoms with Crippen molar-refractivity contribution in [3.63, 3.8) is 0 Å². The first-order valence-corrected chi connectivity index (χ1v) is 10.0. The summed E-state index contributed by atoms with van der Waals surface area (Å²) in [5, 5.41) is 10.1. The van der Waals surface area contributed by atoms with Gasteiger partial charge in [0.2, 0.25) is 5.91 Å². The molecule has 6 heteroatoms. The van der Waals surface area contributed by atoms with Crippen molar-refractivity contribution in [3.05, 3.63) is 41.6 Å². The van der Waals surface area contributed by atoms with Gasteiger partial charge < -0.3 is 15.0 Å². The van der Waals surface area contributed by atoms with E-state index in [4.69, 9.17) is 5.11 Å². The molecular formula is C22H27N3O3. The van der Waals surface area contributed by atoms with Gasteiger partial charge in [-0.15, -0.1) is 0 Å². The molecular weight excluding hydrogens is 354 g/mol. The van der Waals surface area contributed by atoms with Gasteiger partial charge in [-0.1, -0.05) is 18.2 Å². The zero-order valence-electron chi connectivity index (χ0n) is 16.4. The molecule has 0 spiro atoms. The van der Waals surface area contributed by atoms with Crippen molar-refractivity contribution in [3.8, 4) is 0 Å². The lowest BCUT2D eigenvalue weighted by molar-refractivity contribution is -0.139. The van der Waals surface area contributed by atoms with E-state index in [9.17, 15) is 9.59 Å². The molecule has 0 radical (unpaired) electrons. The van der Waals surface area contributed by atoms with Crippen LogP contribution in [0, 0.1) is 5.92 Å². The number of hydrogen-bond donors (Lipinski definition) is 2. The van der Waals surface area contributed by atoms with Crippen molar-refractivity contribution in [1.29, 1.82) is 0 Å². The quantitative estimate of drug-likeness (QED) is 0.807. The molecule has 2 aliphatic rings. The van der Waals surface area contributed by atoms with E-state index in [1.165, 1.54) is 22.1 Å². The Kier molecular flexibility index (Phi) is 4.98. The zero-order valence-corrected chi connectivity index (χ0v) is 16.4. The predicted octanol–water partition coefficient (Wildman–Crippen LogP) is 2.75. The summed E-state index contributed by atoms with van der Waals surface area (Å²) in [5.41, 5.74) is 4.95. The van der Waals surface area contributed by atoms with Crippen LogP contribution in [0.1, 0.15) is 30.9 Å². The largest absolute Gasteiger partial charge is 0.481 e. The lowest BCUT2D eigenvalue weighted by Gasteiger charge is -2.40. The molecule has 0 saturated carbocycles. The highest BCUT2D eigenvalue weighted by Crippen LogP contribution is 2.40. The lowest BCUT2D eigenvalue weighted by atomic mass is 9.79. The van der Waals surface area contributed by atoms with E-state index in [0.717, 1.165) is 11.9 Å². The van der Waals surface area contributed by atoms with Gasteiger partial charge >= 0.3 is 5.97 Å². The van der Waals surface area contributed by atoms with Gasteiger partial charge in [0.25, 0.3) is 0 Å². The second-order valence-electron chi connectivity index (χ2n) is 7.85. The van der Waals surface area contributed by atoms with Crippen LogP contribution in [-0.4, -0.2) is 64.5 Å². The lowest BCUT2D eigenvalue weighted by Crippen LogP contribution is -2.47. The number of likely N-dealkylation sites (N-methyl/N-ethyl adjacent to an activating group) is 1. The van der Waals surface area contributed by atoms with Crippen LogP contribution in [0.2, 0.25) is 0 Å². The molecule has 1 aliphatic heterocycles. The zero-order chi connectivity index (χ0) is 19.8. The summed E-state index contributed by atoms with van der Waals surface area (Å²) in [6.45, 7) is 3.74. The van der Waals surface area contributed by atoms with Gasteiger partial charge in [0.05, 0.1) is 5.92 Å². The van der Waals surface area contributed by atoms with E-state index in [1.807, 2.05) is 6.92 Å². The number of fused-ring (bicyclic) bond motifs is 2. The number of carboxylic acids is 1. The van der Waals surface area contributed by atoms with Gasteiger partial charge in [0.15, 0.2) is 0 Å². The van der Waals surface area contributed by atoms with Crippen molar-refractivity contribution in [2.24, 2.45) is 5.92 Å². The molecule has 0 fully saturated rings. The van der Waals surface area contributed by atoms with Crippen molar-refractivity contribution < 1.29 is 14.7 Å². The number of nitrogens with one attached hydrogen (secondary N) is 1. The number of rotatable bonds is 6. The number of H-pyrrole nitrogens is 1. The molecule has 0 saturated heterocycles. The van der Waals surface area contributed by atoms with Crippen LogP contribution < -0.4 is 0 Å².